The van der Waals surface area contributed by atoms with Crippen molar-refractivity contribution in [1.29, 1.82) is 0 Å². The molecule has 1 atom stereocenters. The van der Waals surface area contributed by atoms with Crippen molar-refractivity contribution in [2.24, 2.45) is 5.73 Å². The van der Waals surface area contributed by atoms with Gasteiger partial charge in [0.2, 0.25) is 0 Å². The molecule has 1 aliphatic carbocycles. The van der Waals surface area contributed by atoms with E-state index in [9.17, 15) is 0 Å². The lowest BCUT2D eigenvalue weighted by molar-refractivity contribution is 0.321. The summed E-state index contributed by atoms with van der Waals surface area (Å²) in [6, 6.07) is 8.71. The van der Waals surface area contributed by atoms with E-state index in [-0.39, 0.29) is 6.04 Å². The van der Waals surface area contributed by atoms with Crippen molar-refractivity contribution in [2.45, 2.75) is 31.7 Å². The second kappa shape index (κ2) is 5.76. The number of hydrogen-bond acceptors (Lipinski definition) is 3. The minimum atomic E-state index is 0.184. The molecule has 1 aromatic heterocycles. The second-order valence-corrected chi connectivity index (χ2v) is 5.87. The van der Waals surface area contributed by atoms with Crippen LogP contribution in [0.25, 0.3) is 0 Å². The van der Waals surface area contributed by atoms with E-state index in [0.717, 1.165) is 31.6 Å². The van der Waals surface area contributed by atoms with Crippen LogP contribution in [0.1, 0.15) is 35.6 Å². The molecule has 0 fully saturated rings. The molecule has 0 unspecified atom stereocenters. The Balaban J connectivity index is 1.63. The zero-order valence-electron chi connectivity index (χ0n) is 11.0. The molecular weight excluding hydrogens is 254 g/mol. The lowest BCUT2D eigenvalue weighted by Crippen LogP contribution is -2.17. The molecule has 2 nitrogen and oxygen atoms in total. The van der Waals surface area contributed by atoms with Gasteiger partial charge in [0.05, 0.1) is 6.61 Å². The predicted octanol–water partition coefficient (Wildman–Crippen LogP) is 3.71. The minimum absolute atomic E-state index is 0.184. The average molecular weight is 273 g/mol. The van der Waals surface area contributed by atoms with Gasteiger partial charge in [0.1, 0.15) is 5.75 Å². The highest BCUT2D eigenvalue weighted by atomic mass is 32.1. The summed E-state index contributed by atoms with van der Waals surface area (Å²) in [5.41, 5.74) is 10.2. The van der Waals surface area contributed by atoms with Gasteiger partial charge >= 0.3 is 0 Å². The fraction of sp³-hybridized carbons (Fsp3) is 0.375. The molecule has 100 valence electrons. The summed E-state index contributed by atoms with van der Waals surface area (Å²) in [6.45, 7) is 0.727. The van der Waals surface area contributed by atoms with Gasteiger partial charge in [-0.1, -0.05) is 6.07 Å². The first-order valence-corrected chi connectivity index (χ1v) is 7.79. The number of hydrogen-bond donors (Lipinski definition) is 1. The van der Waals surface area contributed by atoms with E-state index in [2.05, 4.69) is 35.0 Å². The zero-order chi connectivity index (χ0) is 13.1. The molecule has 0 spiro atoms. The highest BCUT2D eigenvalue weighted by molar-refractivity contribution is 7.07. The van der Waals surface area contributed by atoms with E-state index in [4.69, 9.17) is 10.5 Å². The smallest absolute Gasteiger partial charge is 0.119 e. The molecule has 19 heavy (non-hydrogen) atoms. The first-order valence-electron chi connectivity index (χ1n) is 6.85. The van der Waals surface area contributed by atoms with Crippen molar-refractivity contribution in [3.05, 3.63) is 51.7 Å². The number of benzene rings is 1. The molecule has 2 N–H and O–H groups in total. The van der Waals surface area contributed by atoms with Crippen molar-refractivity contribution in [3.8, 4) is 5.75 Å². The maximum Gasteiger partial charge on any atom is 0.119 e. The summed E-state index contributed by atoms with van der Waals surface area (Å²) in [5, 5.41) is 4.28. The van der Waals surface area contributed by atoms with E-state index in [0.29, 0.717) is 0 Å². The zero-order valence-corrected chi connectivity index (χ0v) is 11.8. The quantitative estimate of drug-likeness (QED) is 0.921. The van der Waals surface area contributed by atoms with Gasteiger partial charge in [-0.2, -0.15) is 11.3 Å². The van der Waals surface area contributed by atoms with Gasteiger partial charge in [-0.25, -0.2) is 0 Å². The van der Waals surface area contributed by atoms with Crippen molar-refractivity contribution in [3.63, 3.8) is 0 Å². The topological polar surface area (TPSA) is 35.2 Å². The number of rotatable bonds is 4. The number of nitrogens with two attached hydrogens (primary N) is 1. The van der Waals surface area contributed by atoms with Crippen LogP contribution in [0.4, 0.5) is 0 Å². The third-order valence-corrected chi connectivity index (χ3v) is 4.45. The lowest BCUT2D eigenvalue weighted by Gasteiger charge is -2.22. The van der Waals surface area contributed by atoms with E-state index >= 15 is 0 Å². The molecule has 3 rings (SSSR count). The van der Waals surface area contributed by atoms with Gasteiger partial charge in [0, 0.05) is 12.5 Å². The first-order chi connectivity index (χ1) is 9.33. The minimum Gasteiger partial charge on any atom is -0.493 e. The van der Waals surface area contributed by atoms with Crippen molar-refractivity contribution in [2.75, 3.05) is 6.61 Å². The summed E-state index contributed by atoms with van der Waals surface area (Å²) >= 11 is 1.73. The van der Waals surface area contributed by atoms with Gasteiger partial charge < -0.3 is 10.5 Å². The van der Waals surface area contributed by atoms with Gasteiger partial charge in [0.25, 0.3) is 0 Å². The number of ether oxygens (including phenoxy) is 1. The van der Waals surface area contributed by atoms with Gasteiger partial charge in [0.15, 0.2) is 0 Å². The first kappa shape index (κ1) is 12.7. The largest absolute Gasteiger partial charge is 0.493 e. The van der Waals surface area contributed by atoms with Gasteiger partial charge in [-0.3, -0.25) is 0 Å². The van der Waals surface area contributed by atoms with Crippen LogP contribution in [0.3, 0.4) is 0 Å². The van der Waals surface area contributed by atoms with E-state index in [1.54, 1.807) is 11.3 Å². The van der Waals surface area contributed by atoms with Crippen LogP contribution in [0.2, 0.25) is 0 Å². The Kier molecular flexibility index (Phi) is 3.85. The molecule has 0 amide bonds. The predicted molar refractivity (Wildman–Crippen MR) is 79.8 cm³/mol. The van der Waals surface area contributed by atoms with Gasteiger partial charge in [-0.15, -0.1) is 0 Å². The lowest BCUT2D eigenvalue weighted by atomic mass is 9.88. The van der Waals surface area contributed by atoms with Crippen LogP contribution in [0.15, 0.2) is 35.0 Å². The van der Waals surface area contributed by atoms with E-state index in [1.165, 1.54) is 23.1 Å². The fourth-order valence-corrected chi connectivity index (χ4v) is 3.33. The van der Waals surface area contributed by atoms with Crippen LogP contribution in [-0.2, 0) is 12.8 Å². The Labute approximate surface area is 118 Å². The van der Waals surface area contributed by atoms with Crippen LogP contribution in [-0.4, -0.2) is 6.61 Å². The standard InChI is InChI=1S/C16H19NOS/c17-16-3-1-2-13-4-5-14(10-15(13)16)18-8-6-12-7-9-19-11-12/h4-5,7,9-11,16H,1-3,6,8,17H2/t16-/m1/s1. The Bertz CT molecular complexity index is 536. The maximum absolute atomic E-state index is 6.17. The molecule has 2 aromatic rings. The molecular formula is C16H19NOS. The monoisotopic (exact) mass is 273 g/mol. The third kappa shape index (κ3) is 2.99. The van der Waals surface area contributed by atoms with E-state index in [1.807, 2.05) is 0 Å². The van der Waals surface area contributed by atoms with Crippen molar-refractivity contribution >= 4 is 11.3 Å². The summed E-state index contributed by atoms with van der Waals surface area (Å²) in [6.07, 6.45) is 4.41. The van der Waals surface area contributed by atoms with Gasteiger partial charge in [-0.05, 0) is 64.9 Å². The SMILES string of the molecule is N[C@@H]1CCCc2ccc(OCCc3ccsc3)cc21. The Morgan fingerprint density at radius 2 is 2.26 bits per heavy atom. The number of thiophene rings is 1. The third-order valence-electron chi connectivity index (χ3n) is 3.72. The van der Waals surface area contributed by atoms with Crippen molar-refractivity contribution < 1.29 is 4.74 Å². The fourth-order valence-electron chi connectivity index (χ4n) is 2.63. The van der Waals surface area contributed by atoms with E-state index < -0.39 is 0 Å². The number of aryl methyl sites for hydroxylation is 1. The molecule has 3 heteroatoms. The molecule has 1 heterocycles. The van der Waals surface area contributed by atoms with Crippen LogP contribution >= 0.6 is 11.3 Å². The molecule has 0 saturated carbocycles. The molecule has 0 radical (unpaired) electrons. The summed E-state index contributed by atoms with van der Waals surface area (Å²) < 4.78 is 5.84. The Morgan fingerprint density at radius 1 is 1.32 bits per heavy atom. The maximum atomic E-state index is 6.17. The molecule has 0 aliphatic heterocycles. The van der Waals surface area contributed by atoms with Crippen molar-refractivity contribution in [1.82, 2.24) is 0 Å². The molecule has 1 aliphatic rings. The Hall–Kier alpha value is -1.32. The van der Waals surface area contributed by atoms with Crippen LogP contribution in [0, 0.1) is 0 Å². The molecule has 0 bridgehead atoms. The average Bonchev–Trinajstić information content (AvgIpc) is 2.93. The summed E-state index contributed by atoms with van der Waals surface area (Å²) in [5.74, 6) is 0.950. The normalized spacial score (nSPS) is 18.1. The molecule has 0 saturated heterocycles. The molecule has 1 aromatic carbocycles. The summed E-state index contributed by atoms with van der Waals surface area (Å²) in [7, 11) is 0. The highest BCUT2D eigenvalue weighted by Gasteiger charge is 2.17. The highest BCUT2D eigenvalue weighted by Crippen LogP contribution is 2.30. The Morgan fingerprint density at radius 3 is 3.11 bits per heavy atom. The summed E-state index contributed by atoms with van der Waals surface area (Å²) in [4.78, 5) is 0. The number of fused-ring (bicyclic) bond motifs is 1. The van der Waals surface area contributed by atoms with Crippen LogP contribution < -0.4 is 10.5 Å². The second-order valence-electron chi connectivity index (χ2n) is 5.09. The van der Waals surface area contributed by atoms with Crippen LogP contribution in [0.5, 0.6) is 5.75 Å².